The molecule has 0 radical (unpaired) electrons. The molecule has 9 rings (SSSR count). The van der Waals surface area contributed by atoms with Crippen LogP contribution in [0.1, 0.15) is 0 Å². The quantitative estimate of drug-likeness (QED) is 0.195. The Bertz CT molecular complexity index is 2420. The third-order valence-electron chi connectivity index (χ3n) is 9.14. The van der Waals surface area contributed by atoms with Gasteiger partial charge in [-0.15, -0.1) is 0 Å². The highest BCUT2D eigenvalue weighted by molar-refractivity contribution is 6.28. The molecule has 0 spiro atoms. The second-order valence-corrected chi connectivity index (χ2v) is 11.8. The third-order valence-corrected chi connectivity index (χ3v) is 9.14. The molecule has 0 amide bonds. The molecule has 0 atom stereocenters. The minimum Gasteiger partial charge on any atom is -0.310 e. The van der Waals surface area contributed by atoms with Crippen molar-refractivity contribution in [1.29, 1.82) is 0 Å². The molecule has 2 nitrogen and oxygen atoms in total. The van der Waals surface area contributed by atoms with Crippen LogP contribution in [-0.2, 0) is 0 Å². The normalized spacial score (nSPS) is 11.5. The van der Waals surface area contributed by atoms with Crippen molar-refractivity contribution >= 4 is 60.4 Å². The summed E-state index contributed by atoms with van der Waals surface area (Å²) < 4.78 is 2.44. The van der Waals surface area contributed by atoms with Crippen LogP contribution in [0.4, 0.5) is 17.1 Å². The van der Waals surface area contributed by atoms with Crippen molar-refractivity contribution in [3.8, 4) is 16.8 Å². The summed E-state index contributed by atoms with van der Waals surface area (Å²) in [6, 6.07) is 65.6. The van der Waals surface area contributed by atoms with Crippen LogP contribution in [0.15, 0.2) is 182 Å². The smallest absolute Gasteiger partial charge is 0.0547 e. The maximum absolute atomic E-state index is 2.44. The number of nitrogens with zero attached hydrogens (tertiary/aromatic N) is 2. The van der Waals surface area contributed by atoms with Gasteiger partial charge in [-0.3, -0.25) is 0 Å². The van der Waals surface area contributed by atoms with Crippen molar-refractivity contribution in [2.24, 2.45) is 0 Å². The lowest BCUT2D eigenvalue weighted by molar-refractivity contribution is 1.17. The van der Waals surface area contributed by atoms with Crippen LogP contribution in [0.25, 0.3) is 60.2 Å². The van der Waals surface area contributed by atoms with Gasteiger partial charge in [0.15, 0.2) is 0 Å². The summed E-state index contributed by atoms with van der Waals surface area (Å²) in [7, 11) is 0. The van der Waals surface area contributed by atoms with E-state index in [0.29, 0.717) is 0 Å². The molecule has 0 fully saturated rings. The number of fused-ring (bicyclic) bond motifs is 7. The van der Waals surface area contributed by atoms with Gasteiger partial charge in [-0.05, 0) is 87.3 Å². The number of benzene rings is 8. The Morgan fingerprint density at radius 2 is 0.848 bits per heavy atom. The van der Waals surface area contributed by atoms with Crippen molar-refractivity contribution in [2.45, 2.75) is 0 Å². The number of para-hydroxylation sites is 1. The maximum Gasteiger partial charge on any atom is 0.0547 e. The first-order valence-electron chi connectivity index (χ1n) is 15.8. The van der Waals surface area contributed by atoms with Crippen molar-refractivity contribution in [1.82, 2.24) is 4.57 Å². The molecular weight excluding hydrogens is 556 g/mol. The topological polar surface area (TPSA) is 8.17 Å². The maximum atomic E-state index is 2.44. The molecule has 8 aromatic carbocycles. The zero-order chi connectivity index (χ0) is 30.5. The summed E-state index contributed by atoms with van der Waals surface area (Å²) in [6.45, 7) is 0. The lowest BCUT2D eigenvalue weighted by Gasteiger charge is -2.26. The van der Waals surface area contributed by atoms with Crippen molar-refractivity contribution in [2.75, 3.05) is 4.90 Å². The predicted molar refractivity (Wildman–Crippen MR) is 196 cm³/mol. The van der Waals surface area contributed by atoms with Gasteiger partial charge < -0.3 is 9.47 Å². The minimum absolute atomic E-state index is 1.10. The van der Waals surface area contributed by atoms with Gasteiger partial charge in [0.1, 0.15) is 0 Å². The van der Waals surface area contributed by atoms with Gasteiger partial charge in [-0.25, -0.2) is 0 Å². The standard InChI is InChI=1S/C44H30N2/c1-3-12-31(13-4-1)32-22-26-36(27-23-32)45(35-16-5-2-6-17-35)37-18-11-19-38(30-37)46-41-28-24-33-14-7-9-20-39(33)43(41)44-40-21-10-8-15-34(40)25-29-42(44)46/h1-30H. The summed E-state index contributed by atoms with van der Waals surface area (Å²) in [4.78, 5) is 2.34. The van der Waals surface area contributed by atoms with Gasteiger partial charge >= 0.3 is 0 Å². The van der Waals surface area contributed by atoms with Gasteiger partial charge in [-0.2, -0.15) is 0 Å². The number of aromatic nitrogens is 1. The highest BCUT2D eigenvalue weighted by Crippen LogP contribution is 2.42. The van der Waals surface area contributed by atoms with E-state index in [2.05, 4.69) is 191 Å². The molecule has 0 aliphatic carbocycles. The van der Waals surface area contributed by atoms with E-state index in [1.54, 1.807) is 0 Å². The second kappa shape index (κ2) is 10.8. The molecule has 0 unspecified atom stereocenters. The Labute approximate surface area is 268 Å². The number of rotatable bonds is 5. The molecule has 0 bridgehead atoms. The molecule has 0 aliphatic heterocycles. The van der Waals surface area contributed by atoms with Crippen LogP contribution in [0.5, 0.6) is 0 Å². The Kier molecular flexibility index (Phi) is 6.17. The molecule has 0 N–H and O–H groups in total. The largest absolute Gasteiger partial charge is 0.310 e. The van der Waals surface area contributed by atoms with Crippen LogP contribution in [0.2, 0.25) is 0 Å². The zero-order valence-electron chi connectivity index (χ0n) is 25.2. The van der Waals surface area contributed by atoms with Gasteiger partial charge in [0.05, 0.1) is 11.0 Å². The van der Waals surface area contributed by atoms with E-state index >= 15 is 0 Å². The van der Waals surface area contributed by atoms with Gasteiger partial charge in [0.2, 0.25) is 0 Å². The van der Waals surface area contributed by atoms with E-state index in [1.807, 2.05) is 0 Å². The summed E-state index contributed by atoms with van der Waals surface area (Å²) in [5, 5.41) is 7.66. The highest BCUT2D eigenvalue weighted by Gasteiger charge is 2.19. The van der Waals surface area contributed by atoms with E-state index in [9.17, 15) is 0 Å². The van der Waals surface area contributed by atoms with Crippen molar-refractivity contribution in [3.05, 3.63) is 182 Å². The fraction of sp³-hybridized carbons (Fsp3) is 0. The van der Waals surface area contributed by atoms with E-state index in [0.717, 1.165) is 22.7 Å². The van der Waals surface area contributed by atoms with E-state index in [-0.39, 0.29) is 0 Å². The molecule has 2 heteroatoms. The van der Waals surface area contributed by atoms with Gasteiger partial charge in [0, 0.05) is 33.5 Å². The Morgan fingerprint density at radius 3 is 1.48 bits per heavy atom. The molecular formula is C44H30N2. The van der Waals surface area contributed by atoms with Crippen LogP contribution in [0, 0.1) is 0 Å². The molecule has 1 heterocycles. The van der Waals surface area contributed by atoms with Gasteiger partial charge in [-0.1, -0.05) is 127 Å². The SMILES string of the molecule is c1ccc(-c2ccc(N(c3ccccc3)c3cccc(-n4c5ccc6ccccc6c5c5c6ccccc6ccc54)c3)cc2)cc1. The lowest BCUT2D eigenvalue weighted by Crippen LogP contribution is -2.10. The molecule has 216 valence electrons. The molecule has 46 heavy (non-hydrogen) atoms. The Morgan fingerprint density at radius 1 is 0.348 bits per heavy atom. The fourth-order valence-electron chi connectivity index (χ4n) is 7.06. The highest BCUT2D eigenvalue weighted by atomic mass is 15.1. The molecule has 9 aromatic rings. The summed E-state index contributed by atoms with van der Waals surface area (Å²) >= 11 is 0. The Hall–Kier alpha value is -6.12. The average Bonchev–Trinajstić information content (AvgIpc) is 3.48. The van der Waals surface area contributed by atoms with E-state index in [1.165, 1.54) is 54.5 Å². The number of hydrogen-bond acceptors (Lipinski definition) is 1. The molecule has 1 aromatic heterocycles. The number of hydrogen-bond donors (Lipinski definition) is 0. The third kappa shape index (κ3) is 4.27. The van der Waals surface area contributed by atoms with Crippen LogP contribution in [-0.4, -0.2) is 4.57 Å². The first-order valence-corrected chi connectivity index (χ1v) is 15.8. The predicted octanol–water partition coefficient (Wildman–Crippen LogP) is 12.2. The molecule has 0 aliphatic rings. The van der Waals surface area contributed by atoms with E-state index < -0.39 is 0 Å². The molecule has 0 saturated heterocycles. The first-order chi connectivity index (χ1) is 22.8. The van der Waals surface area contributed by atoms with Crippen molar-refractivity contribution in [3.63, 3.8) is 0 Å². The number of anilines is 3. The minimum atomic E-state index is 1.10. The first kappa shape index (κ1) is 26.3. The summed E-state index contributed by atoms with van der Waals surface area (Å²) in [5.74, 6) is 0. The second-order valence-electron chi connectivity index (χ2n) is 11.8. The van der Waals surface area contributed by atoms with Crippen LogP contribution in [0.3, 0.4) is 0 Å². The fourth-order valence-corrected chi connectivity index (χ4v) is 7.06. The van der Waals surface area contributed by atoms with Crippen molar-refractivity contribution < 1.29 is 0 Å². The average molecular weight is 587 g/mol. The lowest BCUT2D eigenvalue weighted by atomic mass is 10.00. The monoisotopic (exact) mass is 586 g/mol. The zero-order valence-corrected chi connectivity index (χ0v) is 25.2. The Balaban J connectivity index is 1.27. The van der Waals surface area contributed by atoms with Gasteiger partial charge in [0.25, 0.3) is 0 Å². The van der Waals surface area contributed by atoms with Crippen LogP contribution < -0.4 is 4.90 Å². The van der Waals surface area contributed by atoms with E-state index in [4.69, 9.17) is 0 Å². The molecule has 0 saturated carbocycles. The summed E-state index contributed by atoms with van der Waals surface area (Å²) in [6.07, 6.45) is 0. The van der Waals surface area contributed by atoms with Crippen LogP contribution >= 0.6 is 0 Å². The summed E-state index contributed by atoms with van der Waals surface area (Å²) in [5.41, 5.74) is 9.30.